The fourth-order valence-corrected chi connectivity index (χ4v) is 14.6. The van der Waals surface area contributed by atoms with E-state index >= 15 is 0 Å². The number of methoxy groups -OCH3 is 2. The number of carbonyl (C=O) groups is 2. The molecule has 3 aromatic rings. The van der Waals surface area contributed by atoms with Crippen LogP contribution < -0.4 is 10.6 Å². The Morgan fingerprint density at radius 3 is 1.45 bits per heavy atom. The quantitative estimate of drug-likeness (QED) is 0.106. The van der Waals surface area contributed by atoms with Crippen LogP contribution in [-0.2, 0) is 19.1 Å². The van der Waals surface area contributed by atoms with Crippen LogP contribution in [0.1, 0.15) is 50.7 Å². The van der Waals surface area contributed by atoms with Gasteiger partial charge in [0.05, 0.1) is 0 Å². The molecule has 3 aromatic carbocycles. The molecular weight excluding hydrogens is 578 g/mol. The Kier molecular flexibility index (Phi) is 10.4. The van der Waals surface area contributed by atoms with Gasteiger partial charge < -0.3 is 0 Å². The summed E-state index contributed by atoms with van der Waals surface area (Å²) in [6.07, 6.45) is 0. The second kappa shape index (κ2) is 13.2. The molecule has 212 valence electrons. The van der Waals surface area contributed by atoms with Crippen molar-refractivity contribution in [2.45, 2.75) is 56.8 Å². The van der Waals surface area contributed by atoms with Crippen LogP contribution in [0.3, 0.4) is 0 Å². The maximum absolute atomic E-state index is 14.2. The summed E-state index contributed by atoms with van der Waals surface area (Å²) in [5.41, 5.74) is 3.08. The van der Waals surface area contributed by atoms with Crippen LogP contribution in [0.4, 0.5) is 5.69 Å². The van der Waals surface area contributed by atoms with Crippen molar-refractivity contribution in [1.29, 1.82) is 0 Å². The van der Waals surface area contributed by atoms with Crippen molar-refractivity contribution in [3.8, 4) is 0 Å². The van der Waals surface area contributed by atoms with Crippen molar-refractivity contribution in [1.82, 2.24) is 0 Å². The number of hydrogen-bond acceptors (Lipinski definition) is 5. The monoisotopic (exact) mass is 621 g/mol. The molecule has 0 aromatic heterocycles. The van der Waals surface area contributed by atoms with Crippen molar-refractivity contribution in [2.75, 3.05) is 14.2 Å². The fraction of sp³-hybridized carbons (Fsp3) is 0.333. The third-order valence-corrected chi connectivity index (χ3v) is 15.1. The molecule has 40 heavy (non-hydrogen) atoms. The number of hydrogen-bond donors (Lipinski definition) is 0. The van der Waals surface area contributed by atoms with E-state index in [9.17, 15) is 9.59 Å². The predicted molar refractivity (Wildman–Crippen MR) is 170 cm³/mol. The van der Waals surface area contributed by atoms with Gasteiger partial charge in [-0.15, -0.1) is 0 Å². The molecule has 3 rings (SSSR count). The zero-order chi connectivity index (χ0) is 29.7. The Morgan fingerprint density at radius 1 is 0.675 bits per heavy atom. The van der Waals surface area contributed by atoms with Gasteiger partial charge in [0.2, 0.25) is 0 Å². The van der Waals surface area contributed by atoms with Gasteiger partial charge in [0.25, 0.3) is 0 Å². The summed E-state index contributed by atoms with van der Waals surface area (Å²) in [7, 11) is -0.435. The number of rotatable bonds is 9. The van der Waals surface area contributed by atoms with E-state index in [1.165, 1.54) is 14.2 Å². The number of benzene rings is 3. The summed E-state index contributed by atoms with van der Waals surface area (Å²) in [5.74, 6) is 5.65. The molecule has 0 N–H and O–H groups in total. The summed E-state index contributed by atoms with van der Waals surface area (Å²) < 4.78 is 17.1. The Morgan fingerprint density at radius 2 is 1.10 bits per heavy atom. The first-order valence-corrected chi connectivity index (χ1v) is 22.8. The molecule has 0 atom stereocenters. The Labute approximate surface area is 242 Å². The standard InChI is InChI=1S/C33H42GeNO4P/c1-23(2)27-21-16-22-28(24(3)4)30(27)35-40(25-17-12-10-13-18-25,26-19-14-11-15-20-26)31(33(37)39-9)29(32(36)38-8)34(5,6)7/h10-24H,1-9H3/b31-29-. The van der Waals surface area contributed by atoms with E-state index in [0.29, 0.717) is 9.72 Å². The van der Waals surface area contributed by atoms with Crippen LogP contribution in [0.15, 0.2) is 93.3 Å². The van der Waals surface area contributed by atoms with Crippen LogP contribution in [0.25, 0.3) is 0 Å². The first kappa shape index (κ1) is 31.6. The summed E-state index contributed by atoms with van der Waals surface area (Å²) >= 11 is -3.12. The zero-order valence-electron chi connectivity index (χ0n) is 25.2. The van der Waals surface area contributed by atoms with E-state index in [1.807, 2.05) is 60.7 Å². The van der Waals surface area contributed by atoms with Gasteiger partial charge in [-0.25, -0.2) is 0 Å². The van der Waals surface area contributed by atoms with Crippen molar-refractivity contribution >= 4 is 48.6 Å². The van der Waals surface area contributed by atoms with Gasteiger partial charge in [0, 0.05) is 0 Å². The number of carbonyl (C=O) groups excluding carboxylic acids is 2. The molecule has 0 amide bonds. The topological polar surface area (TPSA) is 65.0 Å². The third kappa shape index (κ3) is 6.37. The third-order valence-electron chi connectivity index (χ3n) is 6.93. The van der Waals surface area contributed by atoms with Gasteiger partial charge in [-0.05, 0) is 0 Å². The minimum atomic E-state index is -3.18. The molecule has 0 bridgehead atoms. The van der Waals surface area contributed by atoms with Crippen LogP contribution >= 0.6 is 7.05 Å². The second-order valence-electron chi connectivity index (χ2n) is 11.5. The van der Waals surface area contributed by atoms with E-state index in [-0.39, 0.29) is 11.8 Å². The Bertz CT molecular complexity index is 1370. The first-order chi connectivity index (χ1) is 18.9. The molecule has 0 heterocycles. The first-order valence-electron chi connectivity index (χ1n) is 13.7. The molecule has 0 saturated heterocycles. The number of ether oxygens (including phenoxy) is 2. The average Bonchev–Trinajstić information content (AvgIpc) is 2.94. The molecule has 0 radical (unpaired) electrons. The Hall–Kier alpha value is -2.89. The molecule has 0 aliphatic rings. The number of nitrogens with zero attached hydrogens (tertiary/aromatic N) is 1. The van der Waals surface area contributed by atoms with Crippen LogP contribution in [0.5, 0.6) is 0 Å². The zero-order valence-corrected chi connectivity index (χ0v) is 28.2. The van der Waals surface area contributed by atoms with Crippen LogP contribution in [0.2, 0.25) is 17.3 Å². The summed E-state index contributed by atoms with van der Waals surface area (Å²) in [6.45, 7) is 8.63. The van der Waals surface area contributed by atoms with Crippen molar-refractivity contribution < 1.29 is 19.1 Å². The molecule has 0 aliphatic carbocycles. The molecule has 0 fully saturated rings. The van der Waals surface area contributed by atoms with Gasteiger partial charge in [-0.3, -0.25) is 0 Å². The van der Waals surface area contributed by atoms with E-state index in [2.05, 4.69) is 63.2 Å². The molecule has 7 heteroatoms. The van der Waals surface area contributed by atoms with Gasteiger partial charge >= 0.3 is 243 Å². The fourth-order valence-electron chi connectivity index (χ4n) is 4.99. The summed E-state index contributed by atoms with van der Waals surface area (Å²) in [5, 5.41) is 2.09. The van der Waals surface area contributed by atoms with Gasteiger partial charge in [-0.1, -0.05) is 0 Å². The van der Waals surface area contributed by atoms with Gasteiger partial charge in [0.15, 0.2) is 0 Å². The predicted octanol–water partition coefficient (Wildman–Crippen LogP) is 7.89. The van der Waals surface area contributed by atoms with Crippen LogP contribution in [0, 0.1) is 0 Å². The Balaban J connectivity index is 2.85. The van der Waals surface area contributed by atoms with Crippen LogP contribution in [-0.4, -0.2) is 39.4 Å². The molecule has 0 spiro atoms. The SMILES string of the molecule is COC(=O)/C(=[C](\C(=O)OC)[Ge]([CH3])([CH3])[CH3])P(=Nc1c(C(C)C)cccc1C(C)C)(c1ccccc1)c1ccccc1. The second-order valence-corrected chi connectivity index (χ2v) is 24.9. The average molecular weight is 620 g/mol. The molecular formula is C33H42GeNO4P. The summed E-state index contributed by atoms with van der Waals surface area (Å²) in [6, 6.07) is 26.1. The van der Waals surface area contributed by atoms with E-state index in [1.54, 1.807) is 0 Å². The summed E-state index contributed by atoms with van der Waals surface area (Å²) in [4.78, 5) is 27.8. The minimum absolute atomic E-state index is 0.191. The van der Waals surface area contributed by atoms with Crippen molar-refractivity contribution in [2.24, 2.45) is 4.74 Å². The molecule has 0 unspecified atom stereocenters. The van der Waals surface area contributed by atoms with E-state index < -0.39 is 32.3 Å². The molecule has 0 aliphatic heterocycles. The van der Waals surface area contributed by atoms with Gasteiger partial charge in [0.1, 0.15) is 0 Å². The van der Waals surface area contributed by atoms with Crippen molar-refractivity contribution in [3.63, 3.8) is 0 Å². The van der Waals surface area contributed by atoms with Crippen molar-refractivity contribution in [3.05, 3.63) is 99.7 Å². The van der Waals surface area contributed by atoms with E-state index in [4.69, 9.17) is 14.2 Å². The number of esters is 2. The van der Waals surface area contributed by atoms with Gasteiger partial charge in [-0.2, -0.15) is 0 Å². The van der Waals surface area contributed by atoms with E-state index in [0.717, 1.165) is 27.4 Å². The molecule has 0 saturated carbocycles. The normalized spacial score (nSPS) is 12.7. The molecule has 5 nitrogen and oxygen atoms in total. The maximum atomic E-state index is 14.2.